The molecule has 8 nitrogen and oxygen atoms in total. The van der Waals surface area contributed by atoms with E-state index in [1.807, 2.05) is 72.5 Å². The van der Waals surface area contributed by atoms with Gasteiger partial charge in [0.25, 0.3) is 5.91 Å². The van der Waals surface area contributed by atoms with Gasteiger partial charge in [0.1, 0.15) is 0 Å². The Morgan fingerprint density at radius 3 is 2.55 bits per heavy atom. The molecule has 0 saturated heterocycles. The largest absolute Gasteiger partial charge is 0.359 e. The van der Waals surface area contributed by atoms with Crippen LogP contribution in [-0.2, 0) is 18.3 Å². The van der Waals surface area contributed by atoms with Gasteiger partial charge in [-0.2, -0.15) is 5.10 Å². The lowest BCUT2D eigenvalue weighted by atomic mass is 10.1. The molecule has 2 amide bonds. The Morgan fingerprint density at radius 1 is 1.00 bits per heavy atom. The van der Waals surface area contributed by atoms with Crippen LogP contribution in [0.1, 0.15) is 28.9 Å². The van der Waals surface area contributed by atoms with E-state index in [9.17, 15) is 9.59 Å². The molecule has 0 unspecified atom stereocenters. The van der Waals surface area contributed by atoms with Gasteiger partial charge in [-0.05, 0) is 42.7 Å². The summed E-state index contributed by atoms with van der Waals surface area (Å²) in [7, 11) is 3.49. The van der Waals surface area contributed by atoms with Crippen LogP contribution in [0.25, 0.3) is 16.8 Å². The van der Waals surface area contributed by atoms with Crippen LogP contribution in [0.2, 0.25) is 0 Å². The van der Waals surface area contributed by atoms with Crippen molar-refractivity contribution >= 4 is 17.8 Å². The van der Waals surface area contributed by atoms with Crippen LogP contribution in [0.3, 0.4) is 0 Å². The van der Waals surface area contributed by atoms with Crippen molar-refractivity contribution < 1.29 is 9.59 Å². The summed E-state index contributed by atoms with van der Waals surface area (Å²) in [4.78, 5) is 29.3. The molecule has 4 rings (SSSR count). The molecule has 0 aliphatic carbocycles. The standard InChI is InChI=1S/C25H26N6O2/c1-26-23(32)13-7-10-21-17-31(22-11-4-3-5-12-22)25(28-21)29-24(33)19-9-6-8-18(14-19)20-15-27-30(2)16-20/h3-6,8-9,11-12,14-17H,7,10,13H2,1-2H3,(H,26,32)(H,28,29,33). The van der Waals surface area contributed by atoms with Crippen LogP contribution in [0, 0.1) is 0 Å². The Morgan fingerprint density at radius 2 is 1.82 bits per heavy atom. The molecular weight excluding hydrogens is 416 g/mol. The number of carbonyl (C=O) groups is 2. The van der Waals surface area contributed by atoms with Gasteiger partial charge in [0, 0.05) is 49.7 Å². The normalized spacial score (nSPS) is 10.7. The van der Waals surface area contributed by atoms with E-state index in [0.29, 0.717) is 30.8 Å². The smallest absolute Gasteiger partial charge is 0.258 e. The molecule has 168 valence electrons. The van der Waals surface area contributed by atoms with Gasteiger partial charge in [-0.1, -0.05) is 30.3 Å². The number of rotatable bonds is 8. The molecule has 2 aromatic heterocycles. The van der Waals surface area contributed by atoms with Crippen LogP contribution in [0.5, 0.6) is 0 Å². The van der Waals surface area contributed by atoms with Crippen LogP contribution in [0.15, 0.2) is 73.2 Å². The predicted molar refractivity (Wildman–Crippen MR) is 127 cm³/mol. The SMILES string of the molecule is CNC(=O)CCCc1cn(-c2ccccc2)c(NC(=O)c2cccc(-c3cnn(C)c3)c2)n1. The van der Waals surface area contributed by atoms with Crippen LogP contribution >= 0.6 is 0 Å². The second kappa shape index (κ2) is 9.95. The van der Waals surface area contributed by atoms with Gasteiger partial charge >= 0.3 is 0 Å². The number of aromatic nitrogens is 4. The molecule has 0 spiro atoms. The Balaban J connectivity index is 1.57. The molecule has 0 bridgehead atoms. The van der Waals surface area contributed by atoms with Gasteiger partial charge in [-0.15, -0.1) is 0 Å². The summed E-state index contributed by atoms with van der Waals surface area (Å²) in [5, 5.41) is 9.78. The van der Waals surface area contributed by atoms with Gasteiger partial charge < -0.3 is 5.32 Å². The van der Waals surface area contributed by atoms with Crippen molar-refractivity contribution in [1.29, 1.82) is 0 Å². The molecule has 0 atom stereocenters. The lowest BCUT2D eigenvalue weighted by Crippen LogP contribution is -2.17. The van der Waals surface area contributed by atoms with Crippen LogP contribution < -0.4 is 10.6 Å². The highest BCUT2D eigenvalue weighted by Crippen LogP contribution is 2.22. The number of imidazole rings is 1. The van der Waals surface area contributed by atoms with Crippen molar-refractivity contribution in [3.05, 3.63) is 84.4 Å². The van der Waals surface area contributed by atoms with E-state index in [2.05, 4.69) is 20.7 Å². The fourth-order valence-electron chi connectivity index (χ4n) is 3.56. The molecule has 4 aromatic rings. The molecule has 2 aromatic carbocycles. The average molecular weight is 443 g/mol. The van der Waals surface area contributed by atoms with Crippen molar-refractivity contribution in [2.75, 3.05) is 12.4 Å². The number of amides is 2. The number of hydrogen-bond acceptors (Lipinski definition) is 4. The molecule has 0 saturated carbocycles. The molecule has 0 fully saturated rings. The zero-order valence-electron chi connectivity index (χ0n) is 18.7. The van der Waals surface area contributed by atoms with Gasteiger partial charge in [0.2, 0.25) is 11.9 Å². The van der Waals surface area contributed by atoms with E-state index < -0.39 is 0 Å². The molecule has 0 radical (unpaired) electrons. The Bertz CT molecular complexity index is 1260. The number of nitrogens with zero attached hydrogens (tertiary/aromatic N) is 4. The zero-order chi connectivity index (χ0) is 23.2. The van der Waals surface area contributed by atoms with Crippen molar-refractivity contribution in [1.82, 2.24) is 24.6 Å². The summed E-state index contributed by atoms with van der Waals surface area (Å²) in [5.74, 6) is 0.188. The molecule has 2 N–H and O–H groups in total. The summed E-state index contributed by atoms with van der Waals surface area (Å²) >= 11 is 0. The summed E-state index contributed by atoms with van der Waals surface area (Å²) in [6, 6.07) is 17.1. The molecule has 33 heavy (non-hydrogen) atoms. The maximum Gasteiger partial charge on any atom is 0.258 e. The number of anilines is 1. The first-order valence-electron chi connectivity index (χ1n) is 10.8. The van der Waals surface area contributed by atoms with Crippen molar-refractivity contribution in [3.8, 4) is 16.8 Å². The predicted octanol–water partition coefficient (Wildman–Crippen LogP) is 3.59. The summed E-state index contributed by atoms with van der Waals surface area (Å²) in [6.07, 6.45) is 7.31. The van der Waals surface area contributed by atoms with Crippen LogP contribution in [0.4, 0.5) is 5.95 Å². The molecule has 8 heteroatoms. The Labute approximate surface area is 192 Å². The fraction of sp³-hybridized carbons (Fsp3) is 0.200. The van der Waals surface area contributed by atoms with E-state index in [1.54, 1.807) is 24.0 Å². The zero-order valence-corrected chi connectivity index (χ0v) is 18.7. The molecular formula is C25H26N6O2. The second-order valence-electron chi connectivity index (χ2n) is 7.73. The van der Waals surface area contributed by atoms with Crippen molar-refractivity contribution in [2.45, 2.75) is 19.3 Å². The number of benzene rings is 2. The lowest BCUT2D eigenvalue weighted by Gasteiger charge is -2.09. The van der Waals surface area contributed by atoms with Crippen molar-refractivity contribution in [3.63, 3.8) is 0 Å². The van der Waals surface area contributed by atoms with Gasteiger partial charge in [-0.25, -0.2) is 4.98 Å². The number of hydrogen-bond donors (Lipinski definition) is 2. The summed E-state index contributed by atoms with van der Waals surface area (Å²) in [5.41, 5.74) is 4.08. The minimum absolute atomic E-state index is 0.000448. The van der Waals surface area contributed by atoms with Crippen molar-refractivity contribution in [2.24, 2.45) is 7.05 Å². The highest BCUT2D eigenvalue weighted by atomic mass is 16.2. The number of para-hydroxylation sites is 1. The first-order chi connectivity index (χ1) is 16.0. The van der Waals surface area contributed by atoms with E-state index in [-0.39, 0.29) is 11.8 Å². The highest BCUT2D eigenvalue weighted by Gasteiger charge is 2.15. The minimum atomic E-state index is -0.250. The van der Waals surface area contributed by atoms with Gasteiger partial charge in [0.15, 0.2) is 0 Å². The number of carbonyl (C=O) groups excluding carboxylic acids is 2. The topological polar surface area (TPSA) is 93.8 Å². The van der Waals surface area contributed by atoms with E-state index in [1.165, 1.54) is 0 Å². The Hall–Kier alpha value is -4.20. The second-order valence-corrected chi connectivity index (χ2v) is 7.73. The first kappa shape index (κ1) is 22.0. The number of nitrogens with one attached hydrogen (secondary N) is 2. The fourth-order valence-corrected chi connectivity index (χ4v) is 3.56. The summed E-state index contributed by atoms with van der Waals surface area (Å²) in [6.45, 7) is 0. The molecule has 0 aliphatic rings. The Kier molecular flexibility index (Phi) is 6.64. The maximum absolute atomic E-state index is 13.1. The average Bonchev–Trinajstić information content (AvgIpc) is 3.45. The maximum atomic E-state index is 13.1. The van der Waals surface area contributed by atoms with Gasteiger partial charge in [-0.3, -0.25) is 24.2 Å². The number of aryl methyl sites for hydroxylation is 2. The minimum Gasteiger partial charge on any atom is -0.359 e. The molecule has 0 aliphatic heterocycles. The van der Waals surface area contributed by atoms with Crippen LogP contribution in [-0.4, -0.2) is 38.2 Å². The third-order valence-electron chi connectivity index (χ3n) is 5.29. The third kappa shape index (κ3) is 5.35. The lowest BCUT2D eigenvalue weighted by molar-refractivity contribution is -0.120. The van der Waals surface area contributed by atoms with E-state index in [0.717, 1.165) is 22.5 Å². The van der Waals surface area contributed by atoms with E-state index >= 15 is 0 Å². The first-order valence-corrected chi connectivity index (χ1v) is 10.8. The van der Waals surface area contributed by atoms with Gasteiger partial charge in [0.05, 0.1) is 11.9 Å². The summed E-state index contributed by atoms with van der Waals surface area (Å²) < 4.78 is 3.59. The third-order valence-corrected chi connectivity index (χ3v) is 5.29. The quantitative estimate of drug-likeness (QED) is 0.436. The monoisotopic (exact) mass is 442 g/mol. The van der Waals surface area contributed by atoms with E-state index in [4.69, 9.17) is 0 Å². The molecule has 2 heterocycles. The highest BCUT2D eigenvalue weighted by molar-refractivity contribution is 6.04.